The summed E-state index contributed by atoms with van der Waals surface area (Å²) in [6, 6.07) is 12.1. The molecule has 2 aromatic carbocycles. The Morgan fingerprint density at radius 2 is 1.72 bits per heavy atom. The van der Waals surface area contributed by atoms with Gasteiger partial charge in [-0.2, -0.15) is 4.31 Å². The van der Waals surface area contributed by atoms with E-state index in [1.165, 1.54) is 35.5 Å². The molecule has 156 valence electrons. The Morgan fingerprint density at radius 1 is 1.10 bits per heavy atom. The van der Waals surface area contributed by atoms with Crippen molar-refractivity contribution in [2.45, 2.75) is 31.8 Å². The molecule has 0 saturated carbocycles. The molecular weight excluding hydrogens is 416 g/mol. The molecule has 9 heteroatoms. The number of hydrogen-bond acceptors (Lipinski definition) is 5. The summed E-state index contributed by atoms with van der Waals surface area (Å²) in [5, 5.41) is 3.14. The third-order valence-electron chi connectivity index (χ3n) is 4.18. The summed E-state index contributed by atoms with van der Waals surface area (Å²) in [6.07, 6.45) is -1.08. The van der Waals surface area contributed by atoms with E-state index in [1.807, 2.05) is 0 Å². The Labute approximate surface area is 175 Å². The van der Waals surface area contributed by atoms with Gasteiger partial charge in [-0.25, -0.2) is 13.2 Å². The van der Waals surface area contributed by atoms with Crippen LogP contribution in [0.25, 0.3) is 0 Å². The second-order valence-corrected chi connectivity index (χ2v) is 8.54. The van der Waals surface area contributed by atoms with Crippen molar-refractivity contribution in [2.24, 2.45) is 0 Å². The smallest absolute Gasteiger partial charge is 0.338 e. The van der Waals surface area contributed by atoms with Crippen molar-refractivity contribution in [3.8, 4) is 0 Å². The van der Waals surface area contributed by atoms with Gasteiger partial charge in [0.25, 0.3) is 5.91 Å². The van der Waals surface area contributed by atoms with Crippen LogP contribution in [-0.4, -0.2) is 43.8 Å². The van der Waals surface area contributed by atoms with Crippen LogP contribution in [0.1, 0.15) is 31.1 Å². The molecule has 0 fully saturated rings. The van der Waals surface area contributed by atoms with E-state index in [-0.39, 0.29) is 10.5 Å². The van der Waals surface area contributed by atoms with Crippen LogP contribution in [0.2, 0.25) is 5.02 Å². The lowest BCUT2D eigenvalue weighted by atomic mass is 10.2. The minimum absolute atomic E-state index is 0.00563. The van der Waals surface area contributed by atoms with Crippen molar-refractivity contribution in [3.05, 3.63) is 59.1 Å². The van der Waals surface area contributed by atoms with Crippen LogP contribution in [0.15, 0.2) is 53.4 Å². The maximum Gasteiger partial charge on any atom is 0.338 e. The summed E-state index contributed by atoms with van der Waals surface area (Å²) in [4.78, 5) is 24.6. The lowest BCUT2D eigenvalue weighted by Crippen LogP contribution is -2.31. The predicted octanol–water partition coefficient (Wildman–Crippen LogP) is 3.55. The highest BCUT2D eigenvalue weighted by Gasteiger charge is 2.24. The number of carbonyl (C=O) groups is 2. The van der Waals surface area contributed by atoms with Gasteiger partial charge in [0.05, 0.1) is 10.5 Å². The molecule has 0 unspecified atom stereocenters. The number of halogens is 1. The number of rotatable bonds is 8. The Morgan fingerprint density at radius 3 is 2.31 bits per heavy atom. The summed E-state index contributed by atoms with van der Waals surface area (Å²) < 4.78 is 31.7. The van der Waals surface area contributed by atoms with Crippen LogP contribution in [-0.2, 0) is 19.6 Å². The van der Waals surface area contributed by atoms with Crippen molar-refractivity contribution in [3.63, 3.8) is 0 Å². The van der Waals surface area contributed by atoms with Crippen molar-refractivity contribution in [1.82, 2.24) is 4.31 Å². The standard InChI is InChI=1S/C20H23ClN2O5S/c1-4-23(5-2)29(26,27)18-8-6-7-15(13-18)20(25)28-14(3)19(24)22-17-11-9-16(21)10-12-17/h6-14H,4-5H2,1-3H3,(H,22,24)/t14-/m1/s1. The molecule has 0 aromatic heterocycles. The number of ether oxygens (including phenoxy) is 1. The SMILES string of the molecule is CCN(CC)S(=O)(=O)c1cccc(C(=O)O[C@H](C)C(=O)Nc2ccc(Cl)cc2)c1. The molecule has 0 aliphatic rings. The minimum Gasteiger partial charge on any atom is -0.449 e. The van der Waals surface area contributed by atoms with E-state index in [4.69, 9.17) is 16.3 Å². The van der Waals surface area contributed by atoms with Crippen LogP contribution >= 0.6 is 11.6 Å². The number of carbonyl (C=O) groups excluding carboxylic acids is 2. The van der Waals surface area contributed by atoms with Gasteiger partial charge >= 0.3 is 5.97 Å². The molecule has 0 saturated heterocycles. The number of amides is 1. The van der Waals surface area contributed by atoms with E-state index in [0.717, 1.165) is 0 Å². The normalized spacial score (nSPS) is 12.4. The molecule has 7 nitrogen and oxygen atoms in total. The lowest BCUT2D eigenvalue weighted by molar-refractivity contribution is -0.123. The fourth-order valence-corrected chi connectivity index (χ4v) is 4.19. The fourth-order valence-electron chi connectivity index (χ4n) is 2.56. The van der Waals surface area contributed by atoms with Gasteiger partial charge in [-0.1, -0.05) is 31.5 Å². The van der Waals surface area contributed by atoms with Gasteiger partial charge < -0.3 is 10.1 Å². The molecule has 0 aliphatic heterocycles. The first kappa shape index (κ1) is 22.9. The highest BCUT2D eigenvalue weighted by atomic mass is 35.5. The average molecular weight is 439 g/mol. The quantitative estimate of drug-likeness (QED) is 0.636. The van der Waals surface area contributed by atoms with Gasteiger partial charge in [-0.05, 0) is 49.4 Å². The summed E-state index contributed by atoms with van der Waals surface area (Å²) in [6.45, 7) is 5.53. The van der Waals surface area contributed by atoms with Gasteiger partial charge in [0, 0.05) is 23.8 Å². The first-order valence-electron chi connectivity index (χ1n) is 9.06. The van der Waals surface area contributed by atoms with Crippen LogP contribution < -0.4 is 5.32 Å². The first-order valence-corrected chi connectivity index (χ1v) is 10.9. The maximum atomic E-state index is 12.6. The molecule has 0 aliphatic carbocycles. The molecule has 0 spiro atoms. The Hall–Kier alpha value is -2.42. The number of hydrogen-bond donors (Lipinski definition) is 1. The van der Waals surface area contributed by atoms with Crippen molar-refractivity contribution >= 4 is 39.2 Å². The van der Waals surface area contributed by atoms with Gasteiger partial charge in [-0.15, -0.1) is 0 Å². The summed E-state index contributed by atoms with van der Waals surface area (Å²) in [5.74, 6) is -1.31. The number of benzene rings is 2. The van der Waals surface area contributed by atoms with Gasteiger partial charge in [0.15, 0.2) is 6.10 Å². The topological polar surface area (TPSA) is 92.8 Å². The first-order chi connectivity index (χ1) is 13.7. The van der Waals surface area contributed by atoms with Gasteiger partial charge in [0.1, 0.15) is 0 Å². The van der Waals surface area contributed by atoms with E-state index in [9.17, 15) is 18.0 Å². The molecule has 2 aromatic rings. The Balaban J connectivity index is 2.10. The van der Waals surface area contributed by atoms with Crippen molar-refractivity contribution < 1.29 is 22.7 Å². The average Bonchev–Trinajstić information content (AvgIpc) is 2.70. The van der Waals surface area contributed by atoms with Crippen LogP contribution in [0.5, 0.6) is 0 Å². The highest BCUT2D eigenvalue weighted by Crippen LogP contribution is 2.18. The third kappa shape index (κ3) is 5.79. The van der Waals surface area contributed by atoms with Crippen LogP contribution in [0.4, 0.5) is 5.69 Å². The third-order valence-corrected chi connectivity index (χ3v) is 6.48. The van der Waals surface area contributed by atoms with Crippen molar-refractivity contribution in [1.29, 1.82) is 0 Å². The lowest BCUT2D eigenvalue weighted by Gasteiger charge is -2.19. The zero-order chi connectivity index (χ0) is 21.6. The molecule has 0 heterocycles. The number of nitrogens with one attached hydrogen (secondary N) is 1. The molecule has 1 atom stereocenters. The second kappa shape index (κ2) is 9.87. The largest absolute Gasteiger partial charge is 0.449 e. The summed E-state index contributed by atoms with van der Waals surface area (Å²) >= 11 is 5.80. The zero-order valence-corrected chi connectivity index (χ0v) is 18.0. The zero-order valence-electron chi connectivity index (χ0n) is 16.4. The molecule has 1 amide bonds. The van der Waals surface area contributed by atoms with Crippen LogP contribution in [0, 0.1) is 0 Å². The molecule has 0 bridgehead atoms. The minimum atomic E-state index is -3.71. The van der Waals surface area contributed by atoms with E-state index in [2.05, 4.69) is 5.32 Å². The van der Waals surface area contributed by atoms with E-state index in [1.54, 1.807) is 38.1 Å². The Bertz CT molecular complexity index is 973. The van der Waals surface area contributed by atoms with Crippen LogP contribution in [0.3, 0.4) is 0 Å². The molecule has 1 N–H and O–H groups in total. The van der Waals surface area contributed by atoms with Gasteiger partial charge in [0.2, 0.25) is 10.0 Å². The fraction of sp³-hybridized carbons (Fsp3) is 0.300. The number of esters is 1. The number of anilines is 1. The number of nitrogens with zero attached hydrogens (tertiary/aromatic N) is 1. The van der Waals surface area contributed by atoms with E-state index in [0.29, 0.717) is 23.8 Å². The summed E-state index contributed by atoms with van der Waals surface area (Å²) in [5.41, 5.74) is 0.555. The Kier molecular flexibility index (Phi) is 7.78. The maximum absolute atomic E-state index is 12.6. The van der Waals surface area contributed by atoms with E-state index >= 15 is 0 Å². The van der Waals surface area contributed by atoms with Gasteiger partial charge in [-0.3, -0.25) is 4.79 Å². The summed E-state index contributed by atoms with van der Waals surface area (Å²) in [7, 11) is -3.71. The highest BCUT2D eigenvalue weighted by molar-refractivity contribution is 7.89. The second-order valence-electron chi connectivity index (χ2n) is 6.16. The monoisotopic (exact) mass is 438 g/mol. The number of sulfonamides is 1. The molecule has 2 rings (SSSR count). The van der Waals surface area contributed by atoms with Crippen molar-refractivity contribution in [2.75, 3.05) is 18.4 Å². The molecule has 29 heavy (non-hydrogen) atoms. The predicted molar refractivity (Wildman–Crippen MR) is 112 cm³/mol. The molecule has 0 radical (unpaired) electrons. The van der Waals surface area contributed by atoms with E-state index < -0.39 is 28.0 Å². The molecular formula is C20H23ClN2O5S.